The molecular formula is C14H13NO4S. The molecule has 0 bridgehead atoms. The second kappa shape index (κ2) is 5.05. The van der Waals surface area contributed by atoms with E-state index in [1.807, 2.05) is 25.1 Å². The lowest BCUT2D eigenvalue weighted by atomic mass is 10.2. The smallest absolute Gasteiger partial charge is 0.345 e. The van der Waals surface area contributed by atoms with Gasteiger partial charge in [0.15, 0.2) is 11.5 Å². The molecule has 3 rings (SSSR count). The van der Waals surface area contributed by atoms with Crippen LogP contribution in [0.4, 0.5) is 5.69 Å². The topological polar surface area (TPSA) is 67.8 Å². The highest BCUT2D eigenvalue weighted by molar-refractivity contribution is 7.14. The molecule has 104 valence electrons. The number of nitrogens with one attached hydrogen (secondary N) is 1. The lowest BCUT2D eigenvalue weighted by Gasteiger charge is -2.06. The summed E-state index contributed by atoms with van der Waals surface area (Å²) in [6.45, 7) is 2.76. The number of fused-ring (bicyclic) bond motifs is 1. The van der Waals surface area contributed by atoms with Crippen LogP contribution in [-0.4, -0.2) is 17.9 Å². The molecule has 2 N–H and O–H groups in total. The third-order valence-electron chi connectivity index (χ3n) is 3.09. The minimum absolute atomic E-state index is 0.254. The molecule has 0 saturated heterocycles. The number of carbonyl (C=O) groups is 1. The summed E-state index contributed by atoms with van der Waals surface area (Å²) in [7, 11) is 0. The zero-order chi connectivity index (χ0) is 14.1. The van der Waals surface area contributed by atoms with Crippen molar-refractivity contribution in [3.05, 3.63) is 39.6 Å². The van der Waals surface area contributed by atoms with Gasteiger partial charge in [0, 0.05) is 23.2 Å². The van der Waals surface area contributed by atoms with Crippen LogP contribution in [0.3, 0.4) is 0 Å². The zero-order valence-electron chi connectivity index (χ0n) is 10.8. The Morgan fingerprint density at radius 1 is 1.35 bits per heavy atom. The molecule has 0 unspecified atom stereocenters. The van der Waals surface area contributed by atoms with Gasteiger partial charge in [-0.05, 0) is 30.7 Å². The van der Waals surface area contributed by atoms with E-state index in [4.69, 9.17) is 14.6 Å². The van der Waals surface area contributed by atoms with Crippen molar-refractivity contribution >= 4 is 23.0 Å². The van der Waals surface area contributed by atoms with Crippen LogP contribution < -0.4 is 14.8 Å². The minimum Gasteiger partial charge on any atom is -0.477 e. The fourth-order valence-electron chi connectivity index (χ4n) is 2.00. The Morgan fingerprint density at radius 3 is 2.90 bits per heavy atom. The molecule has 0 saturated carbocycles. The molecule has 6 heteroatoms. The van der Waals surface area contributed by atoms with Gasteiger partial charge in [0.2, 0.25) is 6.79 Å². The molecule has 1 aromatic heterocycles. The average Bonchev–Trinajstić information content (AvgIpc) is 3.02. The first-order valence-electron chi connectivity index (χ1n) is 6.09. The lowest BCUT2D eigenvalue weighted by Crippen LogP contribution is -1.99. The molecule has 2 aromatic rings. The Hall–Kier alpha value is -2.21. The molecule has 0 aliphatic carbocycles. The van der Waals surface area contributed by atoms with Gasteiger partial charge in [-0.25, -0.2) is 4.79 Å². The van der Waals surface area contributed by atoms with Gasteiger partial charge >= 0.3 is 5.97 Å². The number of rotatable bonds is 4. The van der Waals surface area contributed by atoms with Crippen molar-refractivity contribution in [2.24, 2.45) is 0 Å². The van der Waals surface area contributed by atoms with Crippen molar-refractivity contribution in [2.45, 2.75) is 13.5 Å². The Kier molecular flexibility index (Phi) is 3.23. The third kappa shape index (κ3) is 2.42. The van der Waals surface area contributed by atoms with E-state index in [0.717, 1.165) is 27.6 Å². The molecule has 20 heavy (non-hydrogen) atoms. The predicted molar refractivity (Wildman–Crippen MR) is 75.9 cm³/mol. The van der Waals surface area contributed by atoms with E-state index in [1.165, 1.54) is 11.3 Å². The summed E-state index contributed by atoms with van der Waals surface area (Å²) in [5.41, 5.74) is 1.90. The van der Waals surface area contributed by atoms with Gasteiger partial charge in [0.25, 0.3) is 0 Å². The van der Waals surface area contributed by atoms with Crippen LogP contribution in [0.25, 0.3) is 0 Å². The van der Waals surface area contributed by atoms with E-state index >= 15 is 0 Å². The number of ether oxygens (including phenoxy) is 2. The average molecular weight is 291 g/mol. The van der Waals surface area contributed by atoms with Gasteiger partial charge in [0.05, 0.1) is 0 Å². The van der Waals surface area contributed by atoms with E-state index in [-0.39, 0.29) is 6.79 Å². The molecular weight excluding hydrogens is 278 g/mol. The maximum atomic E-state index is 10.9. The molecule has 1 aliphatic heterocycles. The quantitative estimate of drug-likeness (QED) is 0.906. The van der Waals surface area contributed by atoms with Crippen molar-refractivity contribution in [1.29, 1.82) is 0 Å². The number of benzene rings is 1. The largest absolute Gasteiger partial charge is 0.477 e. The number of anilines is 1. The highest BCUT2D eigenvalue weighted by atomic mass is 32.1. The van der Waals surface area contributed by atoms with Gasteiger partial charge in [-0.1, -0.05) is 0 Å². The van der Waals surface area contributed by atoms with Gasteiger partial charge in [-0.15, -0.1) is 11.3 Å². The maximum Gasteiger partial charge on any atom is 0.345 e. The van der Waals surface area contributed by atoms with E-state index in [2.05, 4.69) is 5.32 Å². The van der Waals surface area contributed by atoms with Gasteiger partial charge in [0.1, 0.15) is 4.88 Å². The molecule has 1 aromatic carbocycles. The Bertz CT molecular complexity index is 665. The van der Waals surface area contributed by atoms with Crippen LogP contribution in [-0.2, 0) is 6.54 Å². The van der Waals surface area contributed by atoms with Crippen molar-refractivity contribution < 1.29 is 19.4 Å². The molecule has 5 nitrogen and oxygen atoms in total. The fraction of sp³-hybridized carbons (Fsp3) is 0.214. The summed E-state index contributed by atoms with van der Waals surface area (Å²) in [5, 5.41) is 12.2. The van der Waals surface area contributed by atoms with E-state index in [0.29, 0.717) is 11.4 Å². The summed E-state index contributed by atoms with van der Waals surface area (Å²) in [5.74, 6) is 0.589. The first-order valence-corrected chi connectivity index (χ1v) is 6.91. The van der Waals surface area contributed by atoms with E-state index in [1.54, 1.807) is 6.07 Å². The highest BCUT2D eigenvalue weighted by Gasteiger charge is 2.14. The van der Waals surface area contributed by atoms with Crippen LogP contribution in [0.15, 0.2) is 24.3 Å². The van der Waals surface area contributed by atoms with Gasteiger partial charge in [-0.3, -0.25) is 0 Å². The molecule has 0 atom stereocenters. The van der Waals surface area contributed by atoms with E-state index < -0.39 is 5.97 Å². The molecule has 1 aliphatic rings. The zero-order valence-corrected chi connectivity index (χ0v) is 11.6. The van der Waals surface area contributed by atoms with Crippen molar-refractivity contribution in [3.63, 3.8) is 0 Å². The maximum absolute atomic E-state index is 10.9. The number of aryl methyl sites for hydroxylation is 1. The monoisotopic (exact) mass is 291 g/mol. The number of carboxylic acid groups (broad SMARTS) is 1. The van der Waals surface area contributed by atoms with Gasteiger partial charge in [-0.2, -0.15) is 0 Å². The first kappa shape index (κ1) is 12.8. The van der Waals surface area contributed by atoms with Gasteiger partial charge < -0.3 is 19.9 Å². The predicted octanol–water partition coefficient (Wildman–Crippen LogP) is 3.10. The summed E-state index contributed by atoms with van der Waals surface area (Å²) in [6.07, 6.45) is 0. The molecule has 2 heterocycles. The molecule has 0 spiro atoms. The molecule has 0 amide bonds. The van der Waals surface area contributed by atoms with Crippen LogP contribution in [0, 0.1) is 6.92 Å². The Labute approximate surface area is 119 Å². The van der Waals surface area contributed by atoms with Crippen molar-refractivity contribution in [2.75, 3.05) is 12.1 Å². The van der Waals surface area contributed by atoms with Crippen molar-refractivity contribution in [1.82, 2.24) is 0 Å². The Morgan fingerprint density at radius 2 is 2.15 bits per heavy atom. The highest BCUT2D eigenvalue weighted by Crippen LogP contribution is 2.34. The summed E-state index contributed by atoms with van der Waals surface area (Å²) >= 11 is 1.29. The SMILES string of the molecule is Cc1sc(C(=O)O)cc1CNc1ccc2c(c1)OCO2. The van der Waals surface area contributed by atoms with E-state index in [9.17, 15) is 4.79 Å². The number of carboxylic acids is 1. The Balaban J connectivity index is 1.72. The van der Waals surface area contributed by atoms with Crippen molar-refractivity contribution in [3.8, 4) is 11.5 Å². The van der Waals surface area contributed by atoms with Crippen LogP contribution >= 0.6 is 11.3 Å². The number of aromatic carboxylic acids is 1. The molecule has 0 fully saturated rings. The summed E-state index contributed by atoms with van der Waals surface area (Å²) < 4.78 is 10.6. The number of hydrogen-bond donors (Lipinski definition) is 2. The van der Waals surface area contributed by atoms with Crippen LogP contribution in [0.5, 0.6) is 11.5 Å². The number of thiophene rings is 1. The standard InChI is InChI=1S/C14H13NO4S/c1-8-9(4-13(20-8)14(16)17)6-15-10-2-3-11-12(5-10)19-7-18-11/h2-5,15H,6-7H2,1H3,(H,16,17). The fourth-order valence-corrected chi connectivity index (χ4v) is 2.89. The molecule has 0 radical (unpaired) electrons. The first-order chi connectivity index (χ1) is 9.63. The summed E-state index contributed by atoms with van der Waals surface area (Å²) in [6, 6.07) is 7.35. The number of hydrogen-bond acceptors (Lipinski definition) is 5. The minimum atomic E-state index is -0.882. The van der Waals surface area contributed by atoms with Crippen LogP contribution in [0.1, 0.15) is 20.1 Å². The normalized spacial score (nSPS) is 12.4. The van der Waals surface area contributed by atoms with Crippen LogP contribution in [0.2, 0.25) is 0 Å². The lowest BCUT2D eigenvalue weighted by molar-refractivity contribution is 0.0702. The second-order valence-corrected chi connectivity index (χ2v) is 5.68. The third-order valence-corrected chi connectivity index (χ3v) is 4.17. The second-order valence-electron chi connectivity index (χ2n) is 4.42. The summed E-state index contributed by atoms with van der Waals surface area (Å²) in [4.78, 5) is 12.3.